The lowest BCUT2D eigenvalue weighted by atomic mass is 9.87. The zero-order valence-electron chi connectivity index (χ0n) is 11.0. The van der Waals surface area contributed by atoms with E-state index in [1.165, 1.54) is 0 Å². The smallest absolute Gasteiger partial charge is 0.233 e. The summed E-state index contributed by atoms with van der Waals surface area (Å²) in [5, 5.41) is 4.02. The fraction of sp³-hybridized carbons (Fsp3) is 0.833. The number of nitrogens with two attached hydrogens (primary N) is 1. The topological polar surface area (TPSA) is 64.9 Å². The Kier molecular flexibility index (Phi) is 3.73. The second-order valence-corrected chi connectivity index (χ2v) is 5.87. The fourth-order valence-corrected chi connectivity index (χ4v) is 1.43. The Morgan fingerprint density at radius 3 is 2.31 bits per heavy atom. The molecule has 0 aromatic carbocycles. The van der Waals surface area contributed by atoms with Crippen molar-refractivity contribution < 1.29 is 4.52 Å². The Balaban J connectivity index is 2.86. The molecule has 0 aliphatic carbocycles. The van der Waals surface area contributed by atoms with Crippen LogP contribution in [0.25, 0.3) is 0 Å². The molecular weight excluding hydrogens is 202 g/mol. The highest BCUT2D eigenvalue weighted by atomic mass is 16.5. The van der Waals surface area contributed by atoms with Gasteiger partial charge < -0.3 is 10.3 Å². The molecule has 1 heterocycles. The second-order valence-electron chi connectivity index (χ2n) is 5.87. The zero-order valence-corrected chi connectivity index (χ0v) is 11.0. The van der Waals surface area contributed by atoms with Crippen LogP contribution in [-0.4, -0.2) is 16.7 Å². The largest absolute Gasteiger partial charge is 0.339 e. The maximum Gasteiger partial charge on any atom is 0.233 e. The third-order valence-corrected chi connectivity index (χ3v) is 2.90. The van der Waals surface area contributed by atoms with Crippen molar-refractivity contribution in [1.82, 2.24) is 10.1 Å². The van der Waals surface area contributed by atoms with Gasteiger partial charge in [-0.05, 0) is 18.8 Å². The van der Waals surface area contributed by atoms with Crippen LogP contribution in [0.2, 0.25) is 0 Å². The van der Waals surface area contributed by atoms with Crippen molar-refractivity contribution in [3.63, 3.8) is 0 Å². The lowest BCUT2D eigenvalue weighted by molar-refractivity contribution is 0.287. The van der Waals surface area contributed by atoms with E-state index in [0.717, 1.165) is 18.7 Å². The molecule has 1 unspecified atom stereocenters. The molecule has 0 aliphatic heterocycles. The highest BCUT2D eigenvalue weighted by Gasteiger charge is 2.30. The number of aromatic nitrogens is 2. The van der Waals surface area contributed by atoms with Crippen LogP contribution in [0, 0.1) is 5.41 Å². The van der Waals surface area contributed by atoms with E-state index in [-0.39, 0.29) is 10.8 Å². The Morgan fingerprint density at radius 1 is 1.25 bits per heavy atom. The van der Waals surface area contributed by atoms with Gasteiger partial charge in [-0.2, -0.15) is 4.98 Å². The number of rotatable bonds is 4. The average molecular weight is 225 g/mol. The number of hydrogen-bond donors (Lipinski definition) is 1. The first-order valence-corrected chi connectivity index (χ1v) is 5.84. The molecule has 4 nitrogen and oxygen atoms in total. The van der Waals surface area contributed by atoms with E-state index in [2.05, 4.69) is 44.8 Å². The van der Waals surface area contributed by atoms with Gasteiger partial charge in [0.25, 0.3) is 0 Å². The standard InChI is InChI=1S/C12H23N3O/c1-6-12(5,8-13)10-14-9(15-16-10)7-11(2,3)4/h6-8,13H2,1-5H3. The molecule has 0 amide bonds. The van der Waals surface area contributed by atoms with Crippen LogP contribution in [0.3, 0.4) is 0 Å². The highest BCUT2D eigenvalue weighted by molar-refractivity contribution is 5.04. The molecule has 0 saturated carbocycles. The monoisotopic (exact) mass is 225 g/mol. The summed E-state index contributed by atoms with van der Waals surface area (Å²) >= 11 is 0. The molecule has 0 saturated heterocycles. The van der Waals surface area contributed by atoms with Crippen LogP contribution in [0.15, 0.2) is 4.52 Å². The summed E-state index contributed by atoms with van der Waals surface area (Å²) in [6, 6.07) is 0. The Bertz CT molecular complexity index is 334. The van der Waals surface area contributed by atoms with Crippen molar-refractivity contribution in [3.05, 3.63) is 11.7 Å². The summed E-state index contributed by atoms with van der Waals surface area (Å²) in [6.07, 6.45) is 1.72. The first-order valence-electron chi connectivity index (χ1n) is 5.84. The predicted molar refractivity (Wildman–Crippen MR) is 64.2 cm³/mol. The van der Waals surface area contributed by atoms with Crippen LogP contribution in [0.4, 0.5) is 0 Å². The molecule has 1 atom stereocenters. The quantitative estimate of drug-likeness (QED) is 0.853. The predicted octanol–water partition coefficient (Wildman–Crippen LogP) is 2.28. The SMILES string of the molecule is CCC(C)(CN)c1nc(CC(C)(C)C)no1. The Hall–Kier alpha value is -0.900. The maximum atomic E-state index is 5.76. The van der Waals surface area contributed by atoms with E-state index in [0.29, 0.717) is 12.4 Å². The normalized spacial score (nSPS) is 16.1. The minimum absolute atomic E-state index is 0.173. The van der Waals surface area contributed by atoms with Crippen molar-refractivity contribution in [1.29, 1.82) is 0 Å². The molecule has 4 heteroatoms. The van der Waals surface area contributed by atoms with Gasteiger partial charge in [-0.25, -0.2) is 0 Å². The van der Waals surface area contributed by atoms with Gasteiger partial charge in [-0.15, -0.1) is 0 Å². The van der Waals surface area contributed by atoms with Crippen LogP contribution < -0.4 is 5.73 Å². The molecule has 1 aromatic heterocycles. The maximum absolute atomic E-state index is 5.76. The lowest BCUT2D eigenvalue weighted by Crippen LogP contribution is -2.31. The molecule has 0 spiro atoms. The van der Waals surface area contributed by atoms with E-state index < -0.39 is 0 Å². The zero-order chi connectivity index (χ0) is 12.4. The Labute approximate surface area is 97.6 Å². The van der Waals surface area contributed by atoms with E-state index >= 15 is 0 Å². The fourth-order valence-electron chi connectivity index (χ4n) is 1.43. The molecule has 0 radical (unpaired) electrons. The minimum atomic E-state index is -0.191. The molecule has 1 aromatic rings. The van der Waals surface area contributed by atoms with Crippen LogP contribution in [0.5, 0.6) is 0 Å². The summed E-state index contributed by atoms with van der Waals surface area (Å²) in [6.45, 7) is 11.1. The molecule has 1 rings (SSSR count). The van der Waals surface area contributed by atoms with E-state index in [1.807, 2.05) is 0 Å². The van der Waals surface area contributed by atoms with E-state index in [1.54, 1.807) is 0 Å². The van der Waals surface area contributed by atoms with Gasteiger partial charge in [-0.3, -0.25) is 0 Å². The van der Waals surface area contributed by atoms with Crippen molar-refractivity contribution in [2.75, 3.05) is 6.54 Å². The van der Waals surface area contributed by atoms with Crippen LogP contribution in [0.1, 0.15) is 52.8 Å². The van der Waals surface area contributed by atoms with Gasteiger partial charge in [-0.1, -0.05) is 32.9 Å². The molecule has 92 valence electrons. The van der Waals surface area contributed by atoms with E-state index in [9.17, 15) is 0 Å². The van der Waals surface area contributed by atoms with Gasteiger partial charge in [0.05, 0.1) is 5.41 Å². The van der Waals surface area contributed by atoms with Gasteiger partial charge in [0.15, 0.2) is 5.82 Å². The third-order valence-electron chi connectivity index (χ3n) is 2.90. The van der Waals surface area contributed by atoms with E-state index in [4.69, 9.17) is 10.3 Å². The second kappa shape index (κ2) is 4.53. The van der Waals surface area contributed by atoms with Crippen molar-refractivity contribution in [3.8, 4) is 0 Å². The van der Waals surface area contributed by atoms with Gasteiger partial charge in [0, 0.05) is 13.0 Å². The van der Waals surface area contributed by atoms with Gasteiger partial charge in [0.2, 0.25) is 5.89 Å². The van der Waals surface area contributed by atoms with Gasteiger partial charge >= 0.3 is 0 Å². The lowest BCUT2D eigenvalue weighted by Gasteiger charge is -2.20. The first kappa shape index (κ1) is 13.2. The summed E-state index contributed by atoms with van der Waals surface area (Å²) in [5.41, 5.74) is 5.74. The number of nitrogens with zero attached hydrogens (tertiary/aromatic N) is 2. The molecular formula is C12H23N3O. The highest BCUT2D eigenvalue weighted by Crippen LogP contribution is 2.26. The van der Waals surface area contributed by atoms with Crippen molar-refractivity contribution in [2.45, 2.75) is 52.9 Å². The third kappa shape index (κ3) is 3.04. The summed E-state index contributed by atoms with van der Waals surface area (Å²) in [4.78, 5) is 4.45. The molecule has 0 bridgehead atoms. The number of hydrogen-bond acceptors (Lipinski definition) is 4. The Morgan fingerprint density at radius 2 is 1.88 bits per heavy atom. The van der Waals surface area contributed by atoms with Crippen LogP contribution in [-0.2, 0) is 11.8 Å². The first-order chi connectivity index (χ1) is 7.30. The molecule has 16 heavy (non-hydrogen) atoms. The minimum Gasteiger partial charge on any atom is -0.339 e. The van der Waals surface area contributed by atoms with Crippen LogP contribution >= 0.6 is 0 Å². The summed E-state index contributed by atoms with van der Waals surface area (Å²) in [7, 11) is 0. The molecule has 0 aliphatic rings. The average Bonchev–Trinajstić information content (AvgIpc) is 2.63. The molecule has 2 N–H and O–H groups in total. The molecule has 0 fully saturated rings. The van der Waals surface area contributed by atoms with Gasteiger partial charge in [0.1, 0.15) is 0 Å². The van der Waals surface area contributed by atoms with Crippen molar-refractivity contribution >= 4 is 0 Å². The van der Waals surface area contributed by atoms with Crippen molar-refractivity contribution in [2.24, 2.45) is 11.1 Å². The summed E-state index contributed by atoms with van der Waals surface area (Å²) in [5.74, 6) is 1.44. The summed E-state index contributed by atoms with van der Waals surface area (Å²) < 4.78 is 5.32.